The van der Waals surface area contributed by atoms with Gasteiger partial charge in [-0.2, -0.15) is 8.42 Å². The number of ether oxygens (including phenoxy) is 1. The monoisotopic (exact) mass is 254 g/mol. The Morgan fingerprint density at radius 2 is 2.00 bits per heavy atom. The molecule has 2 aromatic rings. The maximum absolute atomic E-state index is 11.0. The van der Waals surface area contributed by atoms with Gasteiger partial charge >= 0.3 is 10.1 Å². The van der Waals surface area contributed by atoms with E-state index in [0.29, 0.717) is 16.8 Å². The molecule has 0 saturated heterocycles. The van der Waals surface area contributed by atoms with Crippen LogP contribution in [-0.4, -0.2) is 31.8 Å². The lowest BCUT2D eigenvalue weighted by molar-refractivity contribution is 0.403. The fourth-order valence-corrected chi connectivity index (χ4v) is 1.78. The molecule has 0 N–H and O–H groups in total. The summed E-state index contributed by atoms with van der Waals surface area (Å²) in [5, 5.41) is 0.691. The molecule has 0 bridgehead atoms. The summed E-state index contributed by atoms with van der Waals surface area (Å²) in [6.07, 6.45) is 2.49. The van der Waals surface area contributed by atoms with Crippen LogP contribution < -0.4 is 8.92 Å². The molecule has 0 aliphatic carbocycles. The zero-order chi connectivity index (χ0) is 12.5. The van der Waals surface area contributed by atoms with Crippen LogP contribution in [0, 0.1) is 0 Å². The minimum Gasteiger partial charge on any atom is -0.481 e. The van der Waals surface area contributed by atoms with Crippen LogP contribution in [0.2, 0.25) is 0 Å². The van der Waals surface area contributed by atoms with E-state index >= 15 is 0 Å². The standard InChI is InChI=1S/C10H10N2O4S/c1-15-10-7-3-4-9(16-17(2,13)14)12-8(7)5-6-11-10/h3-6H,1-2H3. The van der Waals surface area contributed by atoms with Gasteiger partial charge in [-0.15, -0.1) is 0 Å². The van der Waals surface area contributed by atoms with E-state index in [1.165, 1.54) is 19.4 Å². The van der Waals surface area contributed by atoms with Gasteiger partial charge in [-0.25, -0.2) is 9.97 Å². The second kappa shape index (κ2) is 4.17. The highest BCUT2D eigenvalue weighted by Gasteiger charge is 2.08. The van der Waals surface area contributed by atoms with Crippen LogP contribution in [0.25, 0.3) is 10.9 Å². The predicted octanol–water partition coefficient (Wildman–Crippen LogP) is 0.977. The fraction of sp³-hybridized carbons (Fsp3) is 0.200. The zero-order valence-corrected chi connectivity index (χ0v) is 10.1. The molecule has 7 heteroatoms. The molecule has 0 spiro atoms. The van der Waals surface area contributed by atoms with Gasteiger partial charge in [0.25, 0.3) is 0 Å². The highest BCUT2D eigenvalue weighted by atomic mass is 32.2. The average Bonchev–Trinajstić information content (AvgIpc) is 2.25. The molecule has 0 aliphatic rings. The first-order chi connectivity index (χ1) is 7.99. The molecular formula is C10H10N2O4S. The van der Waals surface area contributed by atoms with E-state index < -0.39 is 10.1 Å². The minimum absolute atomic E-state index is 0.0215. The Kier molecular flexibility index (Phi) is 2.84. The summed E-state index contributed by atoms with van der Waals surface area (Å²) in [4.78, 5) is 8.06. The van der Waals surface area contributed by atoms with Crippen molar-refractivity contribution in [3.05, 3.63) is 24.4 Å². The third-order valence-electron chi connectivity index (χ3n) is 1.98. The minimum atomic E-state index is -3.57. The van der Waals surface area contributed by atoms with Crippen molar-refractivity contribution >= 4 is 21.0 Å². The second-order valence-corrected chi connectivity index (χ2v) is 4.90. The highest BCUT2D eigenvalue weighted by Crippen LogP contribution is 2.23. The van der Waals surface area contributed by atoms with Crippen molar-refractivity contribution < 1.29 is 17.3 Å². The molecule has 17 heavy (non-hydrogen) atoms. The molecule has 0 aromatic carbocycles. The van der Waals surface area contributed by atoms with E-state index in [0.717, 1.165) is 6.26 Å². The van der Waals surface area contributed by atoms with Gasteiger partial charge in [-0.05, 0) is 12.1 Å². The van der Waals surface area contributed by atoms with E-state index in [-0.39, 0.29) is 5.88 Å². The van der Waals surface area contributed by atoms with E-state index in [1.54, 1.807) is 12.1 Å². The van der Waals surface area contributed by atoms with Gasteiger partial charge in [0.15, 0.2) is 0 Å². The molecule has 0 amide bonds. The summed E-state index contributed by atoms with van der Waals surface area (Å²) < 4.78 is 31.7. The number of rotatable bonds is 3. The Hall–Kier alpha value is -1.89. The average molecular weight is 254 g/mol. The quantitative estimate of drug-likeness (QED) is 0.760. The molecule has 2 heterocycles. The van der Waals surface area contributed by atoms with E-state index in [1.807, 2.05) is 0 Å². The van der Waals surface area contributed by atoms with Crippen LogP contribution in [0.1, 0.15) is 0 Å². The molecule has 0 aliphatic heterocycles. The van der Waals surface area contributed by atoms with Gasteiger partial charge in [0, 0.05) is 12.3 Å². The van der Waals surface area contributed by atoms with Crippen molar-refractivity contribution in [2.45, 2.75) is 0 Å². The maximum Gasteiger partial charge on any atom is 0.307 e. The van der Waals surface area contributed by atoms with Gasteiger partial charge in [-0.1, -0.05) is 0 Å². The largest absolute Gasteiger partial charge is 0.481 e. The third kappa shape index (κ3) is 2.62. The number of pyridine rings is 2. The fourth-order valence-electron chi connectivity index (χ4n) is 1.37. The van der Waals surface area contributed by atoms with Crippen molar-refractivity contribution in [1.29, 1.82) is 0 Å². The number of aromatic nitrogens is 2. The smallest absolute Gasteiger partial charge is 0.307 e. The van der Waals surface area contributed by atoms with Crippen LogP contribution in [0.5, 0.6) is 11.8 Å². The molecule has 2 rings (SSSR count). The zero-order valence-electron chi connectivity index (χ0n) is 9.25. The van der Waals surface area contributed by atoms with Crippen molar-refractivity contribution in [2.75, 3.05) is 13.4 Å². The Morgan fingerprint density at radius 3 is 2.65 bits per heavy atom. The number of nitrogens with zero attached hydrogens (tertiary/aromatic N) is 2. The lowest BCUT2D eigenvalue weighted by Gasteiger charge is -2.05. The second-order valence-electron chi connectivity index (χ2n) is 3.32. The highest BCUT2D eigenvalue weighted by molar-refractivity contribution is 7.86. The molecule has 0 fully saturated rings. The number of methoxy groups -OCH3 is 1. The summed E-state index contributed by atoms with van der Waals surface area (Å²) in [5.41, 5.74) is 0.554. The molecule has 0 saturated carbocycles. The van der Waals surface area contributed by atoms with Crippen LogP contribution in [0.15, 0.2) is 24.4 Å². The van der Waals surface area contributed by atoms with E-state index in [2.05, 4.69) is 14.2 Å². The Morgan fingerprint density at radius 1 is 1.24 bits per heavy atom. The van der Waals surface area contributed by atoms with Crippen molar-refractivity contribution in [1.82, 2.24) is 9.97 Å². The van der Waals surface area contributed by atoms with Crippen molar-refractivity contribution in [3.63, 3.8) is 0 Å². The maximum atomic E-state index is 11.0. The van der Waals surface area contributed by atoms with Crippen molar-refractivity contribution in [2.24, 2.45) is 0 Å². The summed E-state index contributed by atoms with van der Waals surface area (Å²) >= 11 is 0. The summed E-state index contributed by atoms with van der Waals surface area (Å²) in [6, 6.07) is 4.75. The lowest BCUT2D eigenvalue weighted by Crippen LogP contribution is -2.06. The Balaban J connectivity index is 2.52. The molecule has 0 atom stereocenters. The number of hydrogen-bond acceptors (Lipinski definition) is 6. The SMILES string of the molecule is COc1nccc2nc(OS(C)(=O)=O)ccc12. The first-order valence-electron chi connectivity index (χ1n) is 4.69. The summed E-state index contributed by atoms with van der Waals surface area (Å²) in [5.74, 6) is 0.453. The normalized spacial score (nSPS) is 11.4. The van der Waals surface area contributed by atoms with Crippen LogP contribution in [-0.2, 0) is 10.1 Å². The molecule has 0 radical (unpaired) electrons. The molecule has 2 aromatic heterocycles. The topological polar surface area (TPSA) is 78.4 Å². The van der Waals surface area contributed by atoms with E-state index in [4.69, 9.17) is 4.74 Å². The number of fused-ring (bicyclic) bond motifs is 1. The molecular weight excluding hydrogens is 244 g/mol. The van der Waals surface area contributed by atoms with Crippen molar-refractivity contribution in [3.8, 4) is 11.8 Å². The third-order valence-corrected chi connectivity index (χ3v) is 2.46. The summed E-state index contributed by atoms with van der Waals surface area (Å²) in [6.45, 7) is 0. The first-order valence-corrected chi connectivity index (χ1v) is 6.50. The lowest BCUT2D eigenvalue weighted by atomic mass is 10.2. The Bertz CT molecular complexity index is 654. The van der Waals surface area contributed by atoms with Gasteiger partial charge in [0.1, 0.15) is 0 Å². The van der Waals surface area contributed by atoms with Crippen LogP contribution in [0.3, 0.4) is 0 Å². The van der Waals surface area contributed by atoms with E-state index in [9.17, 15) is 8.42 Å². The van der Waals surface area contributed by atoms with Gasteiger partial charge in [-0.3, -0.25) is 0 Å². The molecule has 6 nitrogen and oxygen atoms in total. The Labute approximate surface area is 98.3 Å². The molecule has 0 unspecified atom stereocenters. The first kappa shape index (κ1) is 11.6. The molecule has 90 valence electrons. The van der Waals surface area contributed by atoms with Gasteiger partial charge in [0.05, 0.1) is 24.3 Å². The summed E-state index contributed by atoms with van der Waals surface area (Å²) in [7, 11) is -2.07. The number of hydrogen-bond donors (Lipinski definition) is 0. The van der Waals surface area contributed by atoms with Crippen LogP contribution in [0.4, 0.5) is 0 Å². The van der Waals surface area contributed by atoms with Crippen LogP contribution >= 0.6 is 0 Å². The van der Waals surface area contributed by atoms with Gasteiger partial charge < -0.3 is 8.92 Å². The predicted molar refractivity (Wildman–Crippen MR) is 61.6 cm³/mol. The van der Waals surface area contributed by atoms with Gasteiger partial charge in [0.2, 0.25) is 11.8 Å².